The van der Waals surface area contributed by atoms with E-state index in [4.69, 9.17) is 4.74 Å². The summed E-state index contributed by atoms with van der Waals surface area (Å²) in [6, 6.07) is 7.44. The van der Waals surface area contributed by atoms with Gasteiger partial charge in [-0.25, -0.2) is 9.78 Å². The standard InChI is InChI=1S/C18H23N3O2S/c1-3-11-23-16-8-6-5-7-14(16)12-20-18(22)19-10-9-15-13-24-17(4-2)21-15/h3,5-8,13H,1,4,9-12H2,2H3,(H2,19,20,22). The van der Waals surface area contributed by atoms with E-state index in [0.717, 1.165) is 34.9 Å². The summed E-state index contributed by atoms with van der Waals surface area (Å²) in [5.41, 5.74) is 1.96. The fraction of sp³-hybridized carbons (Fsp3) is 0.333. The van der Waals surface area contributed by atoms with Crippen molar-refractivity contribution in [2.45, 2.75) is 26.3 Å². The molecule has 0 spiro atoms. The van der Waals surface area contributed by atoms with Gasteiger partial charge in [-0.1, -0.05) is 37.8 Å². The van der Waals surface area contributed by atoms with E-state index in [-0.39, 0.29) is 6.03 Å². The predicted molar refractivity (Wildman–Crippen MR) is 97.6 cm³/mol. The normalized spacial score (nSPS) is 10.2. The molecule has 2 aromatic rings. The molecular weight excluding hydrogens is 322 g/mol. The van der Waals surface area contributed by atoms with Gasteiger partial charge in [-0.2, -0.15) is 0 Å². The van der Waals surface area contributed by atoms with Gasteiger partial charge in [-0.15, -0.1) is 11.3 Å². The molecule has 2 rings (SSSR count). The third kappa shape index (κ3) is 5.70. The first kappa shape index (κ1) is 18.0. The van der Waals surface area contributed by atoms with Crippen molar-refractivity contribution in [1.82, 2.24) is 15.6 Å². The lowest BCUT2D eigenvalue weighted by Gasteiger charge is -2.11. The van der Waals surface area contributed by atoms with E-state index in [1.807, 2.05) is 29.6 Å². The van der Waals surface area contributed by atoms with Crippen molar-refractivity contribution in [2.75, 3.05) is 13.2 Å². The molecule has 0 unspecified atom stereocenters. The Morgan fingerprint density at radius 3 is 2.96 bits per heavy atom. The zero-order chi connectivity index (χ0) is 17.2. The Morgan fingerprint density at radius 2 is 2.21 bits per heavy atom. The molecule has 2 N–H and O–H groups in total. The number of aryl methyl sites for hydroxylation is 1. The zero-order valence-electron chi connectivity index (χ0n) is 13.9. The topological polar surface area (TPSA) is 63.2 Å². The number of benzene rings is 1. The monoisotopic (exact) mass is 345 g/mol. The van der Waals surface area contributed by atoms with Gasteiger partial charge in [0.15, 0.2) is 0 Å². The van der Waals surface area contributed by atoms with Crippen LogP contribution in [0.3, 0.4) is 0 Å². The minimum atomic E-state index is -0.195. The maximum absolute atomic E-state index is 11.9. The quantitative estimate of drug-likeness (QED) is 0.685. The number of amides is 2. The fourth-order valence-corrected chi connectivity index (χ4v) is 2.89. The molecule has 0 saturated carbocycles. The fourth-order valence-electron chi connectivity index (χ4n) is 2.11. The molecule has 0 aliphatic rings. The summed E-state index contributed by atoms with van der Waals surface area (Å²) in [7, 11) is 0. The van der Waals surface area contributed by atoms with Gasteiger partial charge in [0.1, 0.15) is 12.4 Å². The van der Waals surface area contributed by atoms with Gasteiger partial charge in [0.05, 0.1) is 10.7 Å². The second-order valence-electron chi connectivity index (χ2n) is 5.15. The molecule has 128 valence electrons. The van der Waals surface area contributed by atoms with Crippen molar-refractivity contribution in [3.05, 3.63) is 58.6 Å². The molecule has 0 aliphatic carbocycles. The highest BCUT2D eigenvalue weighted by Crippen LogP contribution is 2.17. The van der Waals surface area contributed by atoms with Crippen molar-refractivity contribution < 1.29 is 9.53 Å². The molecule has 1 aromatic carbocycles. The Hall–Kier alpha value is -2.34. The zero-order valence-corrected chi connectivity index (χ0v) is 14.7. The van der Waals surface area contributed by atoms with Gasteiger partial charge in [-0.3, -0.25) is 0 Å². The Kier molecular flexibility index (Phi) is 7.29. The van der Waals surface area contributed by atoms with Crippen LogP contribution in [0.4, 0.5) is 4.79 Å². The summed E-state index contributed by atoms with van der Waals surface area (Å²) < 4.78 is 5.57. The van der Waals surface area contributed by atoms with Crippen molar-refractivity contribution in [3.63, 3.8) is 0 Å². The Morgan fingerprint density at radius 1 is 1.38 bits per heavy atom. The maximum Gasteiger partial charge on any atom is 0.315 e. The Bertz CT molecular complexity index is 670. The number of hydrogen-bond donors (Lipinski definition) is 2. The molecule has 0 saturated heterocycles. The Balaban J connectivity index is 1.74. The number of aromatic nitrogens is 1. The van der Waals surface area contributed by atoms with E-state index in [1.165, 1.54) is 0 Å². The second-order valence-corrected chi connectivity index (χ2v) is 6.10. The average Bonchev–Trinajstić information content (AvgIpc) is 3.07. The second kappa shape index (κ2) is 9.72. The molecule has 0 atom stereocenters. The van der Waals surface area contributed by atoms with Crippen molar-refractivity contribution >= 4 is 17.4 Å². The number of para-hydroxylation sites is 1. The number of ether oxygens (including phenoxy) is 1. The first-order valence-electron chi connectivity index (χ1n) is 7.99. The highest BCUT2D eigenvalue weighted by molar-refractivity contribution is 7.09. The number of carbonyl (C=O) groups is 1. The molecule has 1 heterocycles. The number of rotatable bonds is 9. The minimum absolute atomic E-state index is 0.195. The summed E-state index contributed by atoms with van der Waals surface area (Å²) in [5, 5.41) is 8.87. The molecular formula is C18H23N3O2S. The van der Waals surface area contributed by atoms with Gasteiger partial charge in [0, 0.05) is 30.5 Å². The molecule has 0 aliphatic heterocycles. The van der Waals surface area contributed by atoms with Gasteiger partial charge in [0.2, 0.25) is 0 Å². The highest BCUT2D eigenvalue weighted by Gasteiger charge is 2.06. The number of nitrogens with zero attached hydrogens (tertiary/aromatic N) is 1. The smallest absolute Gasteiger partial charge is 0.315 e. The van der Waals surface area contributed by atoms with Gasteiger partial charge < -0.3 is 15.4 Å². The number of urea groups is 1. The Labute approximate surface area is 146 Å². The lowest BCUT2D eigenvalue weighted by atomic mass is 10.2. The van der Waals surface area contributed by atoms with Crippen LogP contribution in [0.5, 0.6) is 5.75 Å². The van der Waals surface area contributed by atoms with E-state index >= 15 is 0 Å². The molecule has 6 heteroatoms. The molecule has 0 fully saturated rings. The third-order valence-electron chi connectivity index (χ3n) is 3.34. The summed E-state index contributed by atoms with van der Waals surface area (Å²) >= 11 is 1.66. The van der Waals surface area contributed by atoms with Gasteiger partial charge >= 0.3 is 6.03 Å². The molecule has 5 nitrogen and oxygen atoms in total. The molecule has 0 bridgehead atoms. The molecule has 1 aromatic heterocycles. The number of nitrogens with one attached hydrogen (secondary N) is 2. The van der Waals surface area contributed by atoms with Crippen LogP contribution in [0.25, 0.3) is 0 Å². The summed E-state index contributed by atoms with van der Waals surface area (Å²) in [6.07, 6.45) is 3.38. The SMILES string of the molecule is C=CCOc1ccccc1CNC(=O)NCCc1csc(CC)n1. The number of thiazole rings is 1. The number of hydrogen-bond acceptors (Lipinski definition) is 4. The van der Waals surface area contributed by atoms with E-state index in [1.54, 1.807) is 17.4 Å². The first-order chi connectivity index (χ1) is 11.7. The van der Waals surface area contributed by atoms with Crippen molar-refractivity contribution in [1.29, 1.82) is 0 Å². The van der Waals surface area contributed by atoms with Gasteiger partial charge in [-0.05, 0) is 12.5 Å². The van der Waals surface area contributed by atoms with E-state index in [2.05, 4.69) is 29.1 Å². The van der Waals surface area contributed by atoms with Crippen LogP contribution in [0.15, 0.2) is 42.3 Å². The molecule has 2 amide bonds. The summed E-state index contributed by atoms with van der Waals surface area (Å²) in [5.74, 6) is 0.757. The maximum atomic E-state index is 11.9. The van der Waals surface area contributed by atoms with E-state index in [0.29, 0.717) is 19.7 Å². The van der Waals surface area contributed by atoms with Crippen LogP contribution in [0, 0.1) is 0 Å². The van der Waals surface area contributed by atoms with Crippen molar-refractivity contribution in [2.24, 2.45) is 0 Å². The summed E-state index contributed by atoms with van der Waals surface area (Å²) in [6.45, 7) is 7.14. The average molecular weight is 345 g/mol. The van der Waals surface area contributed by atoms with Crippen LogP contribution in [-0.4, -0.2) is 24.2 Å². The van der Waals surface area contributed by atoms with Crippen LogP contribution in [0.1, 0.15) is 23.2 Å². The van der Waals surface area contributed by atoms with Crippen LogP contribution < -0.4 is 15.4 Å². The van der Waals surface area contributed by atoms with E-state index in [9.17, 15) is 4.79 Å². The third-order valence-corrected chi connectivity index (χ3v) is 4.38. The molecule has 0 radical (unpaired) electrons. The largest absolute Gasteiger partial charge is 0.489 e. The lowest BCUT2D eigenvalue weighted by molar-refractivity contribution is 0.240. The van der Waals surface area contributed by atoms with Crippen LogP contribution in [0.2, 0.25) is 0 Å². The van der Waals surface area contributed by atoms with Gasteiger partial charge in [0.25, 0.3) is 0 Å². The van der Waals surface area contributed by atoms with Crippen LogP contribution >= 0.6 is 11.3 Å². The minimum Gasteiger partial charge on any atom is -0.489 e. The first-order valence-corrected chi connectivity index (χ1v) is 8.87. The number of carbonyl (C=O) groups excluding carboxylic acids is 1. The van der Waals surface area contributed by atoms with E-state index < -0.39 is 0 Å². The lowest BCUT2D eigenvalue weighted by Crippen LogP contribution is -2.36. The van der Waals surface area contributed by atoms with Crippen molar-refractivity contribution in [3.8, 4) is 5.75 Å². The highest BCUT2D eigenvalue weighted by atomic mass is 32.1. The predicted octanol–water partition coefficient (Wildman–Crippen LogP) is 3.31. The van der Waals surface area contributed by atoms with Crippen LogP contribution in [-0.2, 0) is 19.4 Å². The molecule has 24 heavy (non-hydrogen) atoms. The summed E-state index contributed by atoms with van der Waals surface area (Å²) in [4.78, 5) is 16.4.